The van der Waals surface area contributed by atoms with E-state index in [9.17, 15) is 14.4 Å². The second-order valence-corrected chi connectivity index (χ2v) is 12.8. The van der Waals surface area contributed by atoms with Gasteiger partial charge in [-0.2, -0.15) is 0 Å². The van der Waals surface area contributed by atoms with Crippen molar-refractivity contribution in [3.63, 3.8) is 0 Å². The standard InChI is InChI=1S/C31H29Cl3N2O4/c1-30(2,3)18-9-12-24(23(13-18)31(4,5)6)40-29(39)17-7-10-21(11-8-17)35-26-25(34)27(37)36(28(26)38)22-15-19(32)14-20(33)16-22/h7-16,35H,1-6H3. The number of benzene rings is 3. The van der Waals surface area contributed by atoms with Crippen LogP contribution in [0.1, 0.15) is 63.0 Å². The summed E-state index contributed by atoms with van der Waals surface area (Å²) in [4.78, 5) is 39.8. The fourth-order valence-electron chi connectivity index (χ4n) is 4.18. The van der Waals surface area contributed by atoms with E-state index in [4.69, 9.17) is 39.5 Å². The third-order valence-electron chi connectivity index (χ3n) is 6.38. The van der Waals surface area contributed by atoms with Gasteiger partial charge in [-0.15, -0.1) is 0 Å². The Balaban J connectivity index is 1.52. The van der Waals surface area contributed by atoms with Crippen molar-refractivity contribution in [2.24, 2.45) is 0 Å². The van der Waals surface area contributed by atoms with E-state index in [1.54, 1.807) is 24.3 Å². The molecule has 2 amide bonds. The molecule has 0 saturated carbocycles. The van der Waals surface area contributed by atoms with Crippen LogP contribution in [0.3, 0.4) is 0 Å². The number of amides is 2. The van der Waals surface area contributed by atoms with Crippen molar-refractivity contribution >= 4 is 64.0 Å². The van der Waals surface area contributed by atoms with E-state index < -0.39 is 17.8 Å². The number of rotatable bonds is 5. The lowest BCUT2D eigenvalue weighted by atomic mass is 9.80. The van der Waals surface area contributed by atoms with E-state index in [-0.39, 0.29) is 37.3 Å². The number of carbonyl (C=O) groups excluding carboxylic acids is 3. The van der Waals surface area contributed by atoms with Crippen LogP contribution in [-0.2, 0) is 20.4 Å². The van der Waals surface area contributed by atoms with Crippen LogP contribution < -0.4 is 15.0 Å². The average molecular weight is 600 g/mol. The van der Waals surface area contributed by atoms with Crippen molar-refractivity contribution in [2.45, 2.75) is 52.4 Å². The molecule has 0 aliphatic carbocycles. The Labute approximate surface area is 248 Å². The summed E-state index contributed by atoms with van der Waals surface area (Å²) < 4.78 is 5.81. The van der Waals surface area contributed by atoms with Crippen LogP contribution in [0.5, 0.6) is 5.75 Å². The van der Waals surface area contributed by atoms with Crippen LogP contribution in [-0.4, -0.2) is 17.8 Å². The molecule has 0 spiro atoms. The highest BCUT2D eigenvalue weighted by atomic mass is 35.5. The van der Waals surface area contributed by atoms with Gasteiger partial charge in [-0.3, -0.25) is 9.59 Å². The van der Waals surface area contributed by atoms with Crippen molar-refractivity contribution in [1.82, 2.24) is 0 Å². The van der Waals surface area contributed by atoms with Gasteiger partial charge < -0.3 is 10.1 Å². The SMILES string of the molecule is CC(C)(C)c1ccc(OC(=O)c2ccc(NC3=C(Cl)C(=O)N(c4cc(Cl)cc(Cl)c4)C3=O)cc2)c(C(C)(C)C)c1. The first-order valence-corrected chi connectivity index (χ1v) is 13.7. The fraction of sp³-hybridized carbons (Fsp3) is 0.258. The number of anilines is 2. The van der Waals surface area contributed by atoms with Crippen molar-refractivity contribution in [2.75, 3.05) is 10.2 Å². The van der Waals surface area contributed by atoms with E-state index in [0.29, 0.717) is 17.0 Å². The lowest BCUT2D eigenvalue weighted by Gasteiger charge is -2.26. The molecule has 0 bridgehead atoms. The molecule has 3 aromatic rings. The number of hydrogen-bond donors (Lipinski definition) is 1. The van der Waals surface area contributed by atoms with Gasteiger partial charge in [0.1, 0.15) is 16.5 Å². The molecule has 4 rings (SSSR count). The molecule has 0 saturated heterocycles. The number of halogens is 3. The largest absolute Gasteiger partial charge is 0.423 e. The average Bonchev–Trinajstić information content (AvgIpc) is 3.05. The number of esters is 1. The van der Waals surface area contributed by atoms with Gasteiger partial charge in [-0.05, 0) is 64.9 Å². The third-order valence-corrected chi connectivity index (χ3v) is 7.17. The van der Waals surface area contributed by atoms with Crippen molar-refractivity contribution in [3.05, 3.63) is 98.1 Å². The molecule has 3 aromatic carbocycles. The Morgan fingerprint density at radius 2 is 1.38 bits per heavy atom. The van der Waals surface area contributed by atoms with Gasteiger partial charge in [0.15, 0.2) is 0 Å². The molecular weight excluding hydrogens is 571 g/mol. The summed E-state index contributed by atoms with van der Waals surface area (Å²) in [5, 5.41) is 3.14. The first-order valence-electron chi connectivity index (χ1n) is 12.5. The predicted molar refractivity (Wildman–Crippen MR) is 161 cm³/mol. The Kier molecular flexibility index (Phi) is 8.10. The molecule has 40 heavy (non-hydrogen) atoms. The van der Waals surface area contributed by atoms with Crippen LogP contribution in [0.15, 0.2) is 71.4 Å². The lowest BCUT2D eigenvalue weighted by molar-refractivity contribution is -0.120. The molecule has 0 atom stereocenters. The molecule has 1 heterocycles. The van der Waals surface area contributed by atoms with E-state index in [1.165, 1.54) is 18.2 Å². The van der Waals surface area contributed by atoms with Crippen LogP contribution in [0.25, 0.3) is 0 Å². The zero-order valence-corrected chi connectivity index (χ0v) is 25.3. The maximum atomic E-state index is 13.1. The summed E-state index contributed by atoms with van der Waals surface area (Å²) in [7, 11) is 0. The van der Waals surface area contributed by atoms with E-state index in [2.05, 4.69) is 52.9 Å². The Morgan fingerprint density at radius 3 is 1.93 bits per heavy atom. The van der Waals surface area contributed by atoms with Crippen molar-refractivity contribution < 1.29 is 19.1 Å². The van der Waals surface area contributed by atoms with Gasteiger partial charge in [0.2, 0.25) is 0 Å². The van der Waals surface area contributed by atoms with E-state index >= 15 is 0 Å². The smallest absolute Gasteiger partial charge is 0.343 e. The molecule has 9 heteroatoms. The maximum absolute atomic E-state index is 13.1. The highest BCUT2D eigenvalue weighted by Crippen LogP contribution is 2.36. The van der Waals surface area contributed by atoms with Crippen LogP contribution in [0.4, 0.5) is 11.4 Å². The van der Waals surface area contributed by atoms with Gasteiger partial charge in [0.25, 0.3) is 11.8 Å². The fourth-order valence-corrected chi connectivity index (χ4v) is 4.91. The quantitative estimate of drug-likeness (QED) is 0.182. The molecule has 1 aliphatic rings. The van der Waals surface area contributed by atoms with Gasteiger partial charge in [-0.1, -0.05) is 88.5 Å². The van der Waals surface area contributed by atoms with Gasteiger partial charge in [-0.25, -0.2) is 9.69 Å². The summed E-state index contributed by atoms with van der Waals surface area (Å²) in [6, 6.07) is 16.6. The Morgan fingerprint density at radius 1 is 0.775 bits per heavy atom. The number of imide groups is 1. The predicted octanol–water partition coefficient (Wildman–Crippen LogP) is 8.24. The minimum atomic E-state index is -0.708. The molecule has 1 N–H and O–H groups in total. The zero-order chi connectivity index (χ0) is 29.6. The lowest BCUT2D eigenvalue weighted by Crippen LogP contribution is -2.32. The normalized spacial score (nSPS) is 14.2. The Hall–Kier alpha value is -3.32. The molecule has 208 valence electrons. The summed E-state index contributed by atoms with van der Waals surface area (Å²) >= 11 is 18.3. The van der Waals surface area contributed by atoms with Crippen molar-refractivity contribution in [3.8, 4) is 5.75 Å². The van der Waals surface area contributed by atoms with Gasteiger partial charge in [0, 0.05) is 21.3 Å². The topological polar surface area (TPSA) is 75.7 Å². The first kappa shape index (κ1) is 29.7. The first-order chi connectivity index (χ1) is 18.6. The van der Waals surface area contributed by atoms with Crippen LogP contribution in [0.2, 0.25) is 10.0 Å². The van der Waals surface area contributed by atoms with Gasteiger partial charge in [0.05, 0.1) is 11.3 Å². The second kappa shape index (κ2) is 10.9. The summed E-state index contributed by atoms with van der Waals surface area (Å²) in [5.41, 5.74) is 2.65. The molecule has 0 fully saturated rings. The van der Waals surface area contributed by atoms with Crippen LogP contribution >= 0.6 is 34.8 Å². The molecule has 1 aliphatic heterocycles. The molecule has 0 aromatic heterocycles. The minimum Gasteiger partial charge on any atom is -0.423 e. The number of nitrogens with one attached hydrogen (secondary N) is 1. The molecule has 0 unspecified atom stereocenters. The number of nitrogens with zero attached hydrogens (tertiary/aromatic N) is 1. The van der Waals surface area contributed by atoms with E-state index in [0.717, 1.165) is 16.0 Å². The van der Waals surface area contributed by atoms with E-state index in [1.807, 2.05) is 12.1 Å². The Bertz CT molecular complexity index is 1530. The zero-order valence-electron chi connectivity index (χ0n) is 23.0. The molecule has 0 radical (unpaired) electrons. The molecular formula is C31H29Cl3N2O4. The summed E-state index contributed by atoms with van der Waals surface area (Å²) in [6.45, 7) is 12.6. The summed E-state index contributed by atoms with van der Waals surface area (Å²) in [5.74, 6) is -1.39. The second-order valence-electron chi connectivity index (χ2n) is 11.6. The summed E-state index contributed by atoms with van der Waals surface area (Å²) in [6.07, 6.45) is 0. The highest BCUT2D eigenvalue weighted by molar-refractivity contribution is 6.53. The van der Waals surface area contributed by atoms with Crippen LogP contribution in [0, 0.1) is 0 Å². The molecule has 6 nitrogen and oxygen atoms in total. The number of ether oxygens (including phenoxy) is 1. The monoisotopic (exact) mass is 598 g/mol. The highest BCUT2D eigenvalue weighted by Gasteiger charge is 2.39. The van der Waals surface area contributed by atoms with Crippen molar-refractivity contribution in [1.29, 1.82) is 0 Å². The third kappa shape index (κ3) is 6.20. The van der Waals surface area contributed by atoms with Gasteiger partial charge >= 0.3 is 5.97 Å². The number of carbonyl (C=O) groups is 3. The maximum Gasteiger partial charge on any atom is 0.343 e. The number of hydrogen-bond acceptors (Lipinski definition) is 5. The minimum absolute atomic E-state index is 0.0484.